The van der Waals surface area contributed by atoms with Crippen molar-refractivity contribution >= 4 is 5.82 Å². The summed E-state index contributed by atoms with van der Waals surface area (Å²) in [5.41, 5.74) is 1.89. The number of aryl methyl sites for hydroxylation is 1. The zero-order valence-electron chi connectivity index (χ0n) is 11.2. The number of rotatable bonds is 4. The normalized spacial score (nSPS) is 14.2. The van der Waals surface area contributed by atoms with E-state index in [0.29, 0.717) is 6.04 Å². The third-order valence-electron chi connectivity index (χ3n) is 3.15. The minimum Gasteiger partial charge on any atom is -0.496 e. The maximum atomic E-state index is 5.39. The van der Waals surface area contributed by atoms with Crippen LogP contribution in [0.1, 0.15) is 18.7 Å². The second kappa shape index (κ2) is 4.88. The highest BCUT2D eigenvalue weighted by atomic mass is 16.5. The lowest BCUT2D eigenvalue weighted by Gasteiger charge is -2.10. The number of para-hydroxylation sites is 1. The number of hydrogen-bond acceptors (Lipinski definition) is 4. The summed E-state index contributed by atoms with van der Waals surface area (Å²) in [6.07, 6.45) is 2.46. The van der Waals surface area contributed by atoms with Crippen molar-refractivity contribution in [1.29, 1.82) is 0 Å². The Bertz CT molecular complexity index is 594. The second-order valence-electron chi connectivity index (χ2n) is 4.80. The third kappa shape index (κ3) is 2.67. The highest BCUT2D eigenvalue weighted by molar-refractivity contribution is 5.69. The smallest absolute Gasteiger partial charge is 0.130 e. The van der Waals surface area contributed by atoms with Gasteiger partial charge in [-0.05, 0) is 31.9 Å². The Kier molecular flexibility index (Phi) is 3.07. The van der Waals surface area contributed by atoms with E-state index in [1.54, 1.807) is 7.11 Å². The van der Waals surface area contributed by atoms with Gasteiger partial charge >= 0.3 is 0 Å². The lowest BCUT2D eigenvalue weighted by Crippen LogP contribution is -2.05. The van der Waals surface area contributed by atoms with Crippen LogP contribution in [-0.4, -0.2) is 23.1 Å². The van der Waals surface area contributed by atoms with Gasteiger partial charge in [-0.25, -0.2) is 9.97 Å². The molecule has 1 saturated carbocycles. The lowest BCUT2D eigenvalue weighted by molar-refractivity contribution is 0.416. The molecule has 2 aromatic rings. The van der Waals surface area contributed by atoms with E-state index >= 15 is 0 Å². The van der Waals surface area contributed by atoms with Crippen molar-refractivity contribution in [3.63, 3.8) is 0 Å². The summed E-state index contributed by atoms with van der Waals surface area (Å²) in [7, 11) is 1.68. The highest BCUT2D eigenvalue weighted by Crippen LogP contribution is 2.30. The van der Waals surface area contributed by atoms with Crippen LogP contribution in [0, 0.1) is 6.92 Å². The van der Waals surface area contributed by atoms with Crippen molar-refractivity contribution in [3.8, 4) is 17.0 Å². The standard InChI is InChI=1S/C15H17N3O/c1-10-16-13(9-15(17-10)18-11-7-8-11)12-5-3-4-6-14(12)19-2/h3-6,9,11H,7-8H2,1-2H3,(H,16,17,18). The molecule has 0 unspecified atom stereocenters. The Morgan fingerprint density at radius 1 is 1.21 bits per heavy atom. The van der Waals surface area contributed by atoms with Crippen molar-refractivity contribution < 1.29 is 4.74 Å². The number of nitrogens with one attached hydrogen (secondary N) is 1. The molecule has 0 amide bonds. The largest absolute Gasteiger partial charge is 0.496 e. The van der Waals surface area contributed by atoms with Crippen LogP contribution in [-0.2, 0) is 0 Å². The molecule has 1 aliphatic carbocycles. The van der Waals surface area contributed by atoms with Crippen LogP contribution in [0.4, 0.5) is 5.82 Å². The average molecular weight is 255 g/mol. The number of hydrogen-bond donors (Lipinski definition) is 1. The topological polar surface area (TPSA) is 47.0 Å². The number of nitrogens with zero attached hydrogens (tertiary/aromatic N) is 2. The zero-order chi connectivity index (χ0) is 13.2. The first-order chi connectivity index (χ1) is 9.26. The van der Waals surface area contributed by atoms with E-state index in [0.717, 1.165) is 28.6 Å². The fraction of sp³-hybridized carbons (Fsp3) is 0.333. The van der Waals surface area contributed by atoms with Gasteiger partial charge in [0.2, 0.25) is 0 Å². The van der Waals surface area contributed by atoms with Gasteiger partial charge in [-0.1, -0.05) is 12.1 Å². The number of anilines is 1. The molecule has 0 atom stereocenters. The quantitative estimate of drug-likeness (QED) is 0.912. The first-order valence-corrected chi connectivity index (χ1v) is 6.52. The molecule has 4 nitrogen and oxygen atoms in total. The predicted octanol–water partition coefficient (Wildman–Crippen LogP) is 3.03. The molecule has 0 radical (unpaired) electrons. The SMILES string of the molecule is COc1ccccc1-c1cc(NC2CC2)nc(C)n1. The minimum absolute atomic E-state index is 0.583. The van der Waals surface area contributed by atoms with Crippen molar-refractivity contribution in [3.05, 3.63) is 36.2 Å². The van der Waals surface area contributed by atoms with E-state index < -0.39 is 0 Å². The molecule has 0 spiro atoms. The van der Waals surface area contributed by atoms with Gasteiger partial charge in [0.1, 0.15) is 17.4 Å². The molecule has 0 aliphatic heterocycles. The molecule has 0 bridgehead atoms. The first-order valence-electron chi connectivity index (χ1n) is 6.52. The number of benzene rings is 1. The lowest BCUT2D eigenvalue weighted by atomic mass is 10.1. The van der Waals surface area contributed by atoms with Gasteiger partial charge in [0.25, 0.3) is 0 Å². The molecule has 1 N–H and O–H groups in total. The van der Waals surface area contributed by atoms with E-state index in [-0.39, 0.29) is 0 Å². The van der Waals surface area contributed by atoms with Gasteiger partial charge < -0.3 is 10.1 Å². The molecule has 0 saturated heterocycles. The summed E-state index contributed by atoms with van der Waals surface area (Å²) in [5, 5.41) is 3.41. The van der Waals surface area contributed by atoms with Crippen LogP contribution in [0.2, 0.25) is 0 Å². The van der Waals surface area contributed by atoms with Gasteiger partial charge in [-0.3, -0.25) is 0 Å². The Hall–Kier alpha value is -2.10. The molecule has 98 valence electrons. The van der Waals surface area contributed by atoms with Crippen LogP contribution >= 0.6 is 0 Å². The molecule has 19 heavy (non-hydrogen) atoms. The van der Waals surface area contributed by atoms with E-state index in [9.17, 15) is 0 Å². The maximum Gasteiger partial charge on any atom is 0.130 e. The molecule has 1 aliphatic rings. The van der Waals surface area contributed by atoms with E-state index in [1.165, 1.54) is 12.8 Å². The average Bonchev–Trinajstić information content (AvgIpc) is 3.22. The van der Waals surface area contributed by atoms with Gasteiger partial charge in [0.15, 0.2) is 0 Å². The Morgan fingerprint density at radius 3 is 2.74 bits per heavy atom. The molecule has 1 heterocycles. The van der Waals surface area contributed by atoms with Crippen LogP contribution in [0.5, 0.6) is 5.75 Å². The number of methoxy groups -OCH3 is 1. The summed E-state index contributed by atoms with van der Waals surface area (Å²) in [4.78, 5) is 8.94. The van der Waals surface area contributed by atoms with Crippen LogP contribution < -0.4 is 10.1 Å². The van der Waals surface area contributed by atoms with Crippen LogP contribution in [0.25, 0.3) is 11.3 Å². The Morgan fingerprint density at radius 2 is 2.00 bits per heavy atom. The monoisotopic (exact) mass is 255 g/mol. The summed E-state index contributed by atoms with van der Waals surface area (Å²) in [6, 6.07) is 10.5. The van der Waals surface area contributed by atoms with Gasteiger partial charge in [-0.2, -0.15) is 0 Å². The molecule has 3 rings (SSSR count). The van der Waals surface area contributed by atoms with Crippen LogP contribution in [0.15, 0.2) is 30.3 Å². The molecule has 4 heteroatoms. The maximum absolute atomic E-state index is 5.39. The van der Waals surface area contributed by atoms with Crippen molar-refractivity contribution in [2.45, 2.75) is 25.8 Å². The fourth-order valence-corrected chi connectivity index (χ4v) is 2.07. The summed E-state index contributed by atoms with van der Waals surface area (Å²) in [6.45, 7) is 1.91. The molecule has 1 aromatic carbocycles. The fourth-order valence-electron chi connectivity index (χ4n) is 2.07. The van der Waals surface area contributed by atoms with Crippen molar-refractivity contribution in [1.82, 2.24) is 9.97 Å². The highest BCUT2D eigenvalue weighted by Gasteiger charge is 2.21. The van der Waals surface area contributed by atoms with E-state index in [2.05, 4.69) is 15.3 Å². The Labute approximate surface area is 112 Å². The van der Waals surface area contributed by atoms with Crippen molar-refractivity contribution in [2.75, 3.05) is 12.4 Å². The molecule has 1 aromatic heterocycles. The predicted molar refractivity (Wildman–Crippen MR) is 75.4 cm³/mol. The van der Waals surface area contributed by atoms with Gasteiger partial charge in [-0.15, -0.1) is 0 Å². The van der Waals surface area contributed by atoms with Crippen LogP contribution in [0.3, 0.4) is 0 Å². The molecular formula is C15H17N3O. The number of aromatic nitrogens is 2. The van der Waals surface area contributed by atoms with E-state index in [4.69, 9.17) is 4.74 Å². The third-order valence-corrected chi connectivity index (χ3v) is 3.15. The summed E-state index contributed by atoms with van der Waals surface area (Å²) >= 11 is 0. The van der Waals surface area contributed by atoms with Crippen molar-refractivity contribution in [2.24, 2.45) is 0 Å². The minimum atomic E-state index is 0.583. The summed E-state index contributed by atoms with van der Waals surface area (Å²) < 4.78 is 5.39. The molecular weight excluding hydrogens is 238 g/mol. The van der Waals surface area contributed by atoms with E-state index in [1.807, 2.05) is 37.3 Å². The van der Waals surface area contributed by atoms with Gasteiger partial charge in [0, 0.05) is 17.7 Å². The summed E-state index contributed by atoms with van der Waals surface area (Å²) in [5.74, 6) is 2.50. The Balaban J connectivity index is 2.00. The first kappa shape index (κ1) is 12.0. The second-order valence-corrected chi connectivity index (χ2v) is 4.80. The van der Waals surface area contributed by atoms with Gasteiger partial charge in [0.05, 0.1) is 12.8 Å². The number of ether oxygens (including phenoxy) is 1. The molecule has 1 fully saturated rings. The zero-order valence-corrected chi connectivity index (χ0v) is 11.2.